The van der Waals surface area contributed by atoms with Crippen molar-refractivity contribution in [2.24, 2.45) is 0 Å². The van der Waals surface area contributed by atoms with Crippen molar-refractivity contribution in [3.05, 3.63) is 76.3 Å². The number of carbonyl (C=O) groups excluding carboxylic acids is 1. The van der Waals surface area contributed by atoms with Gasteiger partial charge in [0, 0.05) is 0 Å². The number of hydrogen-bond acceptors (Lipinski definition) is 6. The molecule has 0 radical (unpaired) electrons. The fraction of sp³-hybridized carbons (Fsp3) is 0.578. The standard InChI is InChI=1S/C45H67ClF4O6Si3/c1-10-11-12-20-23-33(2)53-38-29-26-35(32-37(38)46)45(51)54-36-27-24-34(25-28-36)39-40(47)42(49)44(43(50)41(39)48)52-30-21-18-16-14-13-15-17-19-22-31-58(6,7)56-59(8,9)55-57(3,4)5/h24-29,32-33H,10-23,30-31H2,1-9H3. The van der Waals surface area contributed by atoms with Gasteiger partial charge in [0.1, 0.15) is 11.5 Å². The highest BCUT2D eigenvalue weighted by Gasteiger charge is 2.37. The summed E-state index contributed by atoms with van der Waals surface area (Å²) in [6, 6.07) is 10.7. The molecular formula is C45H67ClF4O6Si3. The van der Waals surface area contributed by atoms with Gasteiger partial charge in [-0.25, -0.2) is 13.6 Å². The van der Waals surface area contributed by atoms with Crippen molar-refractivity contribution in [2.75, 3.05) is 6.61 Å². The molecule has 0 saturated carbocycles. The summed E-state index contributed by atoms with van der Waals surface area (Å²) in [5, 5.41) is 0.252. The molecule has 0 N–H and O–H groups in total. The monoisotopic (exact) mass is 898 g/mol. The minimum atomic E-state index is -2.11. The van der Waals surface area contributed by atoms with Gasteiger partial charge in [-0.2, -0.15) is 8.78 Å². The number of hydrogen-bond donors (Lipinski definition) is 0. The zero-order valence-electron chi connectivity index (χ0n) is 36.8. The number of unbranched alkanes of at least 4 members (excludes halogenated alkanes) is 11. The van der Waals surface area contributed by atoms with Crippen molar-refractivity contribution in [3.8, 4) is 28.4 Å². The summed E-state index contributed by atoms with van der Waals surface area (Å²) in [6.07, 6.45) is 14.3. The molecule has 6 nitrogen and oxygen atoms in total. The van der Waals surface area contributed by atoms with E-state index in [9.17, 15) is 4.79 Å². The molecule has 0 aliphatic carbocycles. The molecule has 0 aromatic heterocycles. The second-order valence-electron chi connectivity index (χ2n) is 17.6. The average Bonchev–Trinajstić information content (AvgIpc) is 3.14. The third-order valence-corrected chi connectivity index (χ3v) is 20.2. The van der Waals surface area contributed by atoms with Crippen molar-refractivity contribution < 1.29 is 44.8 Å². The highest BCUT2D eigenvalue weighted by atomic mass is 35.5. The van der Waals surface area contributed by atoms with E-state index in [4.69, 9.17) is 34.0 Å². The zero-order chi connectivity index (χ0) is 43.8. The van der Waals surface area contributed by atoms with E-state index in [1.807, 2.05) is 6.92 Å². The molecule has 0 fully saturated rings. The van der Waals surface area contributed by atoms with Gasteiger partial charge in [-0.3, -0.25) is 0 Å². The van der Waals surface area contributed by atoms with Gasteiger partial charge in [0.15, 0.2) is 34.0 Å². The number of ether oxygens (including phenoxy) is 3. The van der Waals surface area contributed by atoms with Gasteiger partial charge in [-0.05, 0) is 114 Å². The molecule has 330 valence electrons. The van der Waals surface area contributed by atoms with Crippen LogP contribution in [0.1, 0.15) is 114 Å². The average molecular weight is 900 g/mol. The maximum absolute atomic E-state index is 15.2. The molecule has 59 heavy (non-hydrogen) atoms. The first-order valence-corrected chi connectivity index (χ1v) is 31.1. The van der Waals surface area contributed by atoms with Crippen molar-refractivity contribution in [1.29, 1.82) is 0 Å². The minimum Gasteiger partial charge on any atom is -0.489 e. The van der Waals surface area contributed by atoms with Crippen LogP contribution in [-0.2, 0) is 8.23 Å². The molecule has 0 amide bonds. The molecule has 3 aromatic carbocycles. The Bertz CT molecular complexity index is 1740. The lowest BCUT2D eigenvalue weighted by Crippen LogP contribution is -2.51. The topological polar surface area (TPSA) is 63.2 Å². The predicted molar refractivity (Wildman–Crippen MR) is 239 cm³/mol. The van der Waals surface area contributed by atoms with Crippen molar-refractivity contribution in [1.82, 2.24) is 0 Å². The molecule has 14 heteroatoms. The van der Waals surface area contributed by atoms with Crippen LogP contribution in [0.3, 0.4) is 0 Å². The molecule has 0 bridgehead atoms. The van der Waals surface area contributed by atoms with E-state index in [0.717, 1.165) is 70.3 Å². The van der Waals surface area contributed by atoms with Crippen LogP contribution in [0.4, 0.5) is 17.6 Å². The van der Waals surface area contributed by atoms with Crippen LogP contribution in [0.25, 0.3) is 11.1 Å². The first-order chi connectivity index (χ1) is 27.7. The van der Waals surface area contributed by atoms with Crippen molar-refractivity contribution in [3.63, 3.8) is 0 Å². The number of esters is 1. The Morgan fingerprint density at radius 3 is 1.81 bits per heavy atom. The van der Waals surface area contributed by atoms with E-state index >= 15 is 17.6 Å². The van der Waals surface area contributed by atoms with E-state index in [0.29, 0.717) is 12.2 Å². The normalized spacial score (nSPS) is 12.8. The first-order valence-electron chi connectivity index (χ1n) is 21.4. The first kappa shape index (κ1) is 50.7. The van der Waals surface area contributed by atoms with Gasteiger partial charge in [-0.15, -0.1) is 0 Å². The van der Waals surface area contributed by atoms with Gasteiger partial charge in [0.05, 0.1) is 28.9 Å². The van der Waals surface area contributed by atoms with Crippen molar-refractivity contribution in [2.45, 2.75) is 162 Å². The second kappa shape index (κ2) is 24.1. The van der Waals surface area contributed by atoms with Gasteiger partial charge in [-0.1, -0.05) is 101 Å². The molecule has 0 aliphatic rings. The summed E-state index contributed by atoms with van der Waals surface area (Å²) in [6.45, 7) is 19.6. The van der Waals surface area contributed by atoms with Gasteiger partial charge in [0.25, 0.3) is 0 Å². The fourth-order valence-electron chi connectivity index (χ4n) is 7.24. The number of rotatable bonds is 27. The van der Waals surface area contributed by atoms with Crippen molar-refractivity contribution >= 4 is 42.8 Å². The highest BCUT2D eigenvalue weighted by Crippen LogP contribution is 2.37. The van der Waals surface area contributed by atoms with Crippen LogP contribution in [-0.4, -0.2) is 43.9 Å². The van der Waals surface area contributed by atoms with Crippen LogP contribution in [0.15, 0.2) is 42.5 Å². The van der Waals surface area contributed by atoms with E-state index < -0.39 is 65.7 Å². The van der Waals surface area contributed by atoms with Crippen LogP contribution >= 0.6 is 11.6 Å². The van der Waals surface area contributed by atoms with Crippen LogP contribution in [0.5, 0.6) is 17.2 Å². The molecule has 0 heterocycles. The van der Waals surface area contributed by atoms with Gasteiger partial charge in [0.2, 0.25) is 11.6 Å². The summed E-state index contributed by atoms with van der Waals surface area (Å²) in [5.41, 5.74) is -0.868. The van der Waals surface area contributed by atoms with E-state index in [1.54, 1.807) is 6.07 Å². The number of carbonyl (C=O) groups is 1. The fourth-order valence-corrected chi connectivity index (χ4v) is 20.7. The lowest BCUT2D eigenvalue weighted by atomic mass is 10.0. The third kappa shape index (κ3) is 17.7. The maximum atomic E-state index is 15.2. The number of benzene rings is 3. The second-order valence-corrected chi connectivity index (χ2v) is 30.6. The molecular weight excluding hydrogens is 832 g/mol. The van der Waals surface area contributed by atoms with Gasteiger partial charge < -0.3 is 22.4 Å². The summed E-state index contributed by atoms with van der Waals surface area (Å²) in [5.74, 6) is -7.65. The molecule has 0 saturated heterocycles. The molecule has 1 atom stereocenters. The Balaban J connectivity index is 1.41. The van der Waals surface area contributed by atoms with Crippen LogP contribution < -0.4 is 14.2 Å². The maximum Gasteiger partial charge on any atom is 0.343 e. The molecule has 0 spiro atoms. The Morgan fingerprint density at radius 1 is 0.695 bits per heavy atom. The summed E-state index contributed by atoms with van der Waals surface area (Å²) in [7, 11) is -5.52. The quantitative estimate of drug-likeness (QED) is 0.0190. The minimum absolute atomic E-state index is 0.0429. The van der Waals surface area contributed by atoms with E-state index in [1.165, 1.54) is 55.7 Å². The lowest BCUT2D eigenvalue weighted by molar-refractivity contribution is 0.0734. The molecule has 1 unspecified atom stereocenters. The smallest absolute Gasteiger partial charge is 0.343 e. The van der Waals surface area contributed by atoms with E-state index in [2.05, 4.69) is 52.8 Å². The Hall–Kier alpha value is -2.69. The largest absolute Gasteiger partial charge is 0.489 e. The third-order valence-electron chi connectivity index (χ3n) is 9.78. The summed E-state index contributed by atoms with van der Waals surface area (Å²) < 4.78 is 90.0. The predicted octanol–water partition coefficient (Wildman–Crippen LogP) is 15.2. The molecule has 3 aromatic rings. The Morgan fingerprint density at radius 2 is 1.25 bits per heavy atom. The van der Waals surface area contributed by atoms with Crippen LogP contribution in [0.2, 0.25) is 56.9 Å². The lowest BCUT2D eigenvalue weighted by Gasteiger charge is -2.37. The molecule has 0 aliphatic heterocycles. The highest BCUT2D eigenvalue weighted by molar-refractivity contribution is 6.87. The number of halogens is 5. The molecule has 3 rings (SSSR count). The summed E-state index contributed by atoms with van der Waals surface area (Å²) >= 11 is 6.39. The van der Waals surface area contributed by atoms with Gasteiger partial charge >= 0.3 is 14.5 Å². The van der Waals surface area contributed by atoms with Crippen LogP contribution in [0, 0.1) is 23.3 Å². The SMILES string of the molecule is CCCCCCC(C)Oc1ccc(C(=O)Oc2ccc(-c3c(F)c(F)c(OCCCCCCCCCCC[Si](C)(C)O[Si](C)(C)O[Si](C)(C)C)c(F)c3F)cc2)cc1Cl. The zero-order valence-corrected chi connectivity index (χ0v) is 40.5. The van der Waals surface area contributed by atoms with E-state index in [-0.39, 0.29) is 34.6 Å². The Labute approximate surface area is 359 Å². The Kier molecular flexibility index (Phi) is 20.7. The summed E-state index contributed by atoms with van der Waals surface area (Å²) in [4.78, 5) is 12.8.